The second-order valence-electron chi connectivity index (χ2n) is 5.91. The molecule has 6 nitrogen and oxygen atoms in total. The molecule has 1 aromatic carbocycles. The van der Waals surface area contributed by atoms with Gasteiger partial charge in [-0.2, -0.15) is 0 Å². The summed E-state index contributed by atoms with van der Waals surface area (Å²) in [5.74, 6) is 0.541. The van der Waals surface area contributed by atoms with Crippen LogP contribution in [0.15, 0.2) is 67.0 Å². The van der Waals surface area contributed by atoms with E-state index in [1.54, 1.807) is 6.20 Å². The molecular weight excluding hydrogens is 328 g/mol. The van der Waals surface area contributed by atoms with Crippen LogP contribution in [0.1, 0.15) is 21.6 Å². The maximum Gasteiger partial charge on any atom is 0.270 e. The topological polar surface area (TPSA) is 78.4 Å². The van der Waals surface area contributed by atoms with Gasteiger partial charge in [-0.25, -0.2) is 9.97 Å². The van der Waals surface area contributed by atoms with Crippen LogP contribution in [-0.2, 0) is 13.1 Å². The van der Waals surface area contributed by atoms with Crippen molar-refractivity contribution in [2.45, 2.75) is 13.1 Å². The Kier molecular flexibility index (Phi) is 5.43. The predicted molar refractivity (Wildman–Crippen MR) is 99.9 cm³/mol. The molecule has 26 heavy (non-hydrogen) atoms. The van der Waals surface area contributed by atoms with Crippen LogP contribution in [0.5, 0.6) is 5.75 Å². The lowest BCUT2D eigenvalue weighted by atomic mass is 10.2. The van der Waals surface area contributed by atoms with E-state index in [9.17, 15) is 9.90 Å². The minimum atomic E-state index is -0.300. The number of hydrogen-bond donors (Lipinski definition) is 2. The van der Waals surface area contributed by atoms with Crippen LogP contribution in [0, 0.1) is 0 Å². The minimum Gasteiger partial charge on any atom is -0.506 e. The maximum absolute atomic E-state index is 12.2. The van der Waals surface area contributed by atoms with E-state index in [1.807, 2.05) is 37.4 Å². The molecule has 0 unspecified atom stereocenters. The zero-order valence-electron chi connectivity index (χ0n) is 14.5. The normalized spacial score (nSPS) is 10.3. The first-order chi connectivity index (χ1) is 12.6. The van der Waals surface area contributed by atoms with Crippen LogP contribution in [-0.4, -0.2) is 28.0 Å². The summed E-state index contributed by atoms with van der Waals surface area (Å²) in [6.07, 6.45) is 2.99. The van der Waals surface area contributed by atoms with Gasteiger partial charge >= 0.3 is 0 Å². The number of nitrogens with one attached hydrogen (secondary N) is 1. The largest absolute Gasteiger partial charge is 0.506 e. The van der Waals surface area contributed by atoms with E-state index in [4.69, 9.17) is 0 Å². The Bertz CT molecular complexity index is 866. The van der Waals surface area contributed by atoms with Gasteiger partial charge in [-0.3, -0.25) is 4.79 Å². The highest BCUT2D eigenvalue weighted by molar-refractivity contribution is 5.92. The van der Waals surface area contributed by atoms with Crippen molar-refractivity contribution in [1.29, 1.82) is 0 Å². The maximum atomic E-state index is 12.2. The molecule has 0 aliphatic rings. The number of benzene rings is 1. The number of rotatable bonds is 6. The predicted octanol–water partition coefficient (Wildman–Crippen LogP) is 2.75. The smallest absolute Gasteiger partial charge is 0.270 e. The minimum absolute atomic E-state index is 0.0265. The molecule has 0 fully saturated rings. The summed E-state index contributed by atoms with van der Waals surface area (Å²) in [5.41, 5.74) is 2.35. The third kappa shape index (κ3) is 4.36. The van der Waals surface area contributed by atoms with Crippen molar-refractivity contribution in [2.75, 3.05) is 11.9 Å². The molecular formula is C20H20N4O2. The summed E-state index contributed by atoms with van der Waals surface area (Å²) >= 11 is 0. The molecule has 132 valence electrons. The van der Waals surface area contributed by atoms with Gasteiger partial charge in [0.1, 0.15) is 17.3 Å². The first-order valence-electron chi connectivity index (χ1n) is 8.25. The van der Waals surface area contributed by atoms with Crippen LogP contribution in [0.3, 0.4) is 0 Å². The van der Waals surface area contributed by atoms with Gasteiger partial charge in [0.25, 0.3) is 5.91 Å². The van der Waals surface area contributed by atoms with Crippen LogP contribution < -0.4 is 10.2 Å². The van der Waals surface area contributed by atoms with Crippen LogP contribution >= 0.6 is 0 Å². The number of amides is 1. The van der Waals surface area contributed by atoms with Crippen LogP contribution in [0.25, 0.3) is 0 Å². The number of anilines is 1. The Hall–Kier alpha value is -3.41. The van der Waals surface area contributed by atoms with Gasteiger partial charge in [0.05, 0.1) is 6.20 Å². The molecule has 2 heterocycles. The van der Waals surface area contributed by atoms with Gasteiger partial charge < -0.3 is 15.3 Å². The van der Waals surface area contributed by atoms with Gasteiger partial charge in [0.15, 0.2) is 0 Å². The number of aromatic hydroxyl groups is 1. The van der Waals surface area contributed by atoms with E-state index in [0.717, 1.165) is 17.9 Å². The Morgan fingerprint density at radius 2 is 1.88 bits per heavy atom. The van der Waals surface area contributed by atoms with E-state index < -0.39 is 0 Å². The molecule has 1 amide bonds. The van der Waals surface area contributed by atoms with Crippen molar-refractivity contribution in [3.63, 3.8) is 0 Å². The Morgan fingerprint density at radius 1 is 1.08 bits per heavy atom. The number of aromatic nitrogens is 2. The fourth-order valence-electron chi connectivity index (χ4n) is 2.63. The van der Waals surface area contributed by atoms with Gasteiger partial charge in [0.2, 0.25) is 0 Å². The molecule has 0 bridgehead atoms. The lowest BCUT2D eigenvalue weighted by Gasteiger charge is -2.21. The summed E-state index contributed by atoms with van der Waals surface area (Å²) in [6, 6.07) is 16.8. The summed E-state index contributed by atoms with van der Waals surface area (Å²) < 4.78 is 0. The average molecular weight is 348 g/mol. The molecule has 0 saturated carbocycles. The summed E-state index contributed by atoms with van der Waals surface area (Å²) in [5, 5.41) is 12.1. The van der Waals surface area contributed by atoms with E-state index in [-0.39, 0.29) is 17.4 Å². The fraction of sp³-hybridized carbons (Fsp3) is 0.150. The van der Waals surface area contributed by atoms with Crippen LogP contribution in [0.4, 0.5) is 5.82 Å². The Balaban J connectivity index is 1.68. The molecule has 3 rings (SSSR count). The summed E-state index contributed by atoms with van der Waals surface area (Å²) in [4.78, 5) is 22.6. The fourth-order valence-corrected chi connectivity index (χ4v) is 2.63. The van der Waals surface area contributed by atoms with Crippen molar-refractivity contribution in [3.05, 3.63) is 83.8 Å². The Labute approximate surface area is 152 Å². The molecule has 0 aliphatic heterocycles. The van der Waals surface area contributed by atoms with Gasteiger partial charge in [-0.05, 0) is 23.8 Å². The second-order valence-corrected chi connectivity index (χ2v) is 5.91. The molecule has 6 heteroatoms. The number of carbonyl (C=O) groups is 1. The van der Waals surface area contributed by atoms with Crippen molar-refractivity contribution < 1.29 is 9.90 Å². The highest BCUT2D eigenvalue weighted by Gasteiger charge is 2.12. The third-order valence-electron chi connectivity index (χ3n) is 3.91. The molecule has 2 N–H and O–H groups in total. The molecule has 0 spiro atoms. The number of carbonyl (C=O) groups excluding carboxylic acids is 1. The lowest BCUT2D eigenvalue weighted by Crippen LogP contribution is -2.26. The van der Waals surface area contributed by atoms with Crippen molar-refractivity contribution in [2.24, 2.45) is 0 Å². The van der Waals surface area contributed by atoms with Gasteiger partial charge in [0, 0.05) is 31.9 Å². The molecule has 2 aromatic heterocycles. The van der Waals surface area contributed by atoms with Crippen LogP contribution in [0.2, 0.25) is 0 Å². The van der Waals surface area contributed by atoms with Gasteiger partial charge in [-0.1, -0.05) is 36.4 Å². The molecule has 0 aliphatic carbocycles. The summed E-state index contributed by atoms with van der Waals surface area (Å²) in [6.45, 7) is 1.06. The molecule has 3 aromatic rings. The van der Waals surface area contributed by atoms with Crippen molar-refractivity contribution in [1.82, 2.24) is 15.3 Å². The van der Waals surface area contributed by atoms with Crippen molar-refractivity contribution in [3.8, 4) is 5.75 Å². The quantitative estimate of drug-likeness (QED) is 0.716. The van der Waals surface area contributed by atoms with E-state index in [2.05, 4.69) is 32.3 Å². The second kappa shape index (κ2) is 8.11. The summed E-state index contributed by atoms with van der Waals surface area (Å²) in [7, 11) is 1.97. The zero-order valence-corrected chi connectivity index (χ0v) is 14.5. The van der Waals surface area contributed by atoms with E-state index in [0.29, 0.717) is 6.54 Å². The third-order valence-corrected chi connectivity index (χ3v) is 3.91. The van der Waals surface area contributed by atoms with E-state index in [1.165, 1.54) is 23.9 Å². The zero-order chi connectivity index (χ0) is 18.4. The van der Waals surface area contributed by atoms with Gasteiger partial charge in [-0.15, -0.1) is 0 Å². The molecule has 0 atom stereocenters. The Morgan fingerprint density at radius 3 is 2.62 bits per heavy atom. The highest BCUT2D eigenvalue weighted by atomic mass is 16.3. The monoisotopic (exact) mass is 348 g/mol. The first-order valence-corrected chi connectivity index (χ1v) is 8.25. The average Bonchev–Trinajstić information content (AvgIpc) is 2.67. The number of nitrogens with zero attached hydrogens (tertiary/aromatic N) is 3. The lowest BCUT2D eigenvalue weighted by molar-refractivity contribution is 0.0946. The molecule has 0 saturated heterocycles. The standard InChI is InChI=1S/C20H20N4O2/c1-24(14-15-6-3-2-4-7-15)19-16(8-5-11-21-19)12-23-20(26)18-10-9-17(25)13-22-18/h2-11,13,25H,12,14H2,1H3,(H,23,26). The SMILES string of the molecule is CN(Cc1ccccc1)c1ncccc1CNC(=O)c1ccc(O)cn1. The number of pyridine rings is 2. The molecule has 0 radical (unpaired) electrons. The van der Waals surface area contributed by atoms with Crippen molar-refractivity contribution >= 4 is 11.7 Å². The number of hydrogen-bond acceptors (Lipinski definition) is 5. The highest BCUT2D eigenvalue weighted by Crippen LogP contribution is 2.18. The van der Waals surface area contributed by atoms with E-state index >= 15 is 0 Å². The first kappa shape index (κ1) is 17.4.